The largest absolute Gasteiger partial charge is 0.472 e. The Kier molecular flexibility index (Phi) is 4.59. The Morgan fingerprint density at radius 1 is 1.32 bits per heavy atom. The number of hydrogen-bond acceptors (Lipinski definition) is 3. The number of benzene rings is 1. The van der Waals surface area contributed by atoms with Gasteiger partial charge in [-0.2, -0.15) is 0 Å². The van der Waals surface area contributed by atoms with E-state index in [4.69, 9.17) is 4.42 Å². The number of rotatable bonds is 4. The lowest BCUT2D eigenvalue weighted by atomic mass is 9.91. The number of hydrogen-bond donors (Lipinski definition) is 1. The molecule has 1 aromatic heterocycles. The van der Waals surface area contributed by atoms with E-state index in [1.807, 2.05) is 25.2 Å². The van der Waals surface area contributed by atoms with Gasteiger partial charge in [-0.15, -0.1) is 0 Å². The van der Waals surface area contributed by atoms with E-state index in [-0.39, 0.29) is 5.91 Å². The molecule has 1 aliphatic heterocycles. The van der Waals surface area contributed by atoms with Crippen molar-refractivity contribution in [3.63, 3.8) is 0 Å². The van der Waals surface area contributed by atoms with Gasteiger partial charge in [0.1, 0.15) is 0 Å². The molecular formula is C18H22N2O2. The van der Waals surface area contributed by atoms with Gasteiger partial charge in [0.25, 0.3) is 5.91 Å². The van der Waals surface area contributed by atoms with E-state index in [1.54, 1.807) is 17.4 Å². The number of nitrogens with one attached hydrogen (secondary N) is 1. The minimum Gasteiger partial charge on any atom is -0.472 e. The summed E-state index contributed by atoms with van der Waals surface area (Å²) in [5.41, 5.74) is 3.06. The summed E-state index contributed by atoms with van der Waals surface area (Å²) in [5.74, 6) is 0.607. The maximum Gasteiger partial charge on any atom is 0.253 e. The van der Waals surface area contributed by atoms with E-state index >= 15 is 0 Å². The molecule has 4 heteroatoms. The van der Waals surface area contributed by atoms with Gasteiger partial charge in [-0.05, 0) is 49.1 Å². The Morgan fingerprint density at radius 2 is 2.14 bits per heavy atom. The normalized spacial score (nSPS) is 18.1. The maximum absolute atomic E-state index is 12.4. The van der Waals surface area contributed by atoms with Crippen molar-refractivity contribution in [2.45, 2.75) is 25.3 Å². The van der Waals surface area contributed by atoms with Crippen LogP contribution in [-0.4, -0.2) is 30.9 Å². The molecule has 1 aromatic carbocycles. The van der Waals surface area contributed by atoms with Gasteiger partial charge in [0.05, 0.1) is 12.5 Å². The van der Waals surface area contributed by atoms with Crippen molar-refractivity contribution in [3.8, 4) is 0 Å². The quantitative estimate of drug-likeness (QED) is 0.943. The fourth-order valence-corrected chi connectivity index (χ4v) is 2.98. The molecule has 3 rings (SSSR count). The number of piperidine rings is 1. The van der Waals surface area contributed by atoms with Crippen molar-refractivity contribution >= 4 is 5.91 Å². The topological polar surface area (TPSA) is 45.5 Å². The van der Waals surface area contributed by atoms with Crippen LogP contribution >= 0.6 is 0 Å². The minimum absolute atomic E-state index is 0.0366. The van der Waals surface area contributed by atoms with Gasteiger partial charge in [-0.1, -0.05) is 12.1 Å². The Bertz CT molecular complexity index is 599. The number of furan rings is 1. The molecule has 0 saturated carbocycles. The third-order valence-corrected chi connectivity index (χ3v) is 4.27. The highest BCUT2D eigenvalue weighted by Crippen LogP contribution is 2.23. The van der Waals surface area contributed by atoms with Crippen molar-refractivity contribution in [2.75, 3.05) is 20.1 Å². The molecule has 1 amide bonds. The van der Waals surface area contributed by atoms with Crippen molar-refractivity contribution in [2.24, 2.45) is 0 Å². The molecular weight excluding hydrogens is 276 g/mol. The van der Waals surface area contributed by atoms with E-state index in [0.29, 0.717) is 12.5 Å². The molecule has 116 valence electrons. The zero-order valence-corrected chi connectivity index (χ0v) is 12.9. The van der Waals surface area contributed by atoms with E-state index in [0.717, 1.165) is 24.2 Å². The molecule has 0 bridgehead atoms. The van der Waals surface area contributed by atoms with Crippen LogP contribution in [0.25, 0.3) is 0 Å². The summed E-state index contributed by atoms with van der Waals surface area (Å²) in [5, 5.41) is 3.43. The lowest BCUT2D eigenvalue weighted by molar-refractivity contribution is 0.0785. The smallest absolute Gasteiger partial charge is 0.253 e. The number of amides is 1. The van der Waals surface area contributed by atoms with Crippen LogP contribution in [-0.2, 0) is 6.54 Å². The average Bonchev–Trinajstić information content (AvgIpc) is 3.08. The van der Waals surface area contributed by atoms with Crippen LogP contribution in [0.5, 0.6) is 0 Å². The van der Waals surface area contributed by atoms with Gasteiger partial charge >= 0.3 is 0 Å². The molecule has 0 radical (unpaired) electrons. The zero-order chi connectivity index (χ0) is 15.4. The predicted molar refractivity (Wildman–Crippen MR) is 85.8 cm³/mol. The van der Waals surface area contributed by atoms with Gasteiger partial charge in [0.2, 0.25) is 0 Å². The molecule has 2 heterocycles. The fraction of sp³-hybridized carbons (Fsp3) is 0.389. The van der Waals surface area contributed by atoms with Crippen LogP contribution < -0.4 is 5.32 Å². The summed E-state index contributed by atoms with van der Waals surface area (Å²) in [7, 11) is 1.81. The Balaban J connectivity index is 1.65. The van der Waals surface area contributed by atoms with Crippen LogP contribution in [0.2, 0.25) is 0 Å². The summed E-state index contributed by atoms with van der Waals surface area (Å²) >= 11 is 0. The zero-order valence-electron chi connectivity index (χ0n) is 12.9. The van der Waals surface area contributed by atoms with E-state index in [9.17, 15) is 4.79 Å². The van der Waals surface area contributed by atoms with Crippen LogP contribution in [0.1, 0.15) is 40.2 Å². The van der Waals surface area contributed by atoms with Gasteiger partial charge < -0.3 is 14.6 Å². The van der Waals surface area contributed by atoms with Gasteiger partial charge in [0.15, 0.2) is 0 Å². The molecule has 1 atom stereocenters. The van der Waals surface area contributed by atoms with E-state index < -0.39 is 0 Å². The van der Waals surface area contributed by atoms with Crippen LogP contribution in [0.3, 0.4) is 0 Å². The molecule has 1 aliphatic rings. The SMILES string of the molecule is CN(Cc1ccoc1)C(=O)c1ccc([C@@H]2CCCNC2)cc1. The second kappa shape index (κ2) is 6.79. The lowest BCUT2D eigenvalue weighted by Crippen LogP contribution is -2.28. The summed E-state index contributed by atoms with van der Waals surface area (Å²) < 4.78 is 5.04. The van der Waals surface area contributed by atoms with Crippen LogP contribution in [0.4, 0.5) is 0 Å². The average molecular weight is 298 g/mol. The van der Waals surface area contributed by atoms with Crippen molar-refractivity contribution in [1.29, 1.82) is 0 Å². The molecule has 2 aromatic rings. The van der Waals surface area contributed by atoms with E-state index in [1.165, 1.54) is 18.4 Å². The first-order valence-electron chi connectivity index (χ1n) is 7.81. The standard InChI is InChI=1S/C18H22N2O2/c1-20(12-14-8-10-22-13-14)18(21)16-6-4-15(5-7-16)17-3-2-9-19-11-17/h4-8,10,13,17,19H,2-3,9,11-12H2,1H3/t17-/m1/s1. The molecule has 0 spiro atoms. The Hall–Kier alpha value is -2.07. The second-order valence-corrected chi connectivity index (χ2v) is 5.96. The highest BCUT2D eigenvalue weighted by Gasteiger charge is 2.17. The van der Waals surface area contributed by atoms with Gasteiger partial charge in [-0.3, -0.25) is 4.79 Å². The predicted octanol–water partition coefficient (Wildman–Crippen LogP) is 3.02. The third-order valence-electron chi connectivity index (χ3n) is 4.27. The monoisotopic (exact) mass is 298 g/mol. The molecule has 1 saturated heterocycles. The van der Waals surface area contributed by atoms with Gasteiger partial charge in [0, 0.05) is 31.3 Å². The Labute approximate surface area is 131 Å². The van der Waals surface area contributed by atoms with Gasteiger partial charge in [-0.25, -0.2) is 0 Å². The third kappa shape index (κ3) is 3.39. The number of carbonyl (C=O) groups is 1. The summed E-state index contributed by atoms with van der Waals surface area (Å²) in [6, 6.07) is 9.95. The highest BCUT2D eigenvalue weighted by atomic mass is 16.3. The maximum atomic E-state index is 12.4. The molecule has 4 nitrogen and oxygen atoms in total. The molecule has 1 fully saturated rings. The molecule has 0 unspecified atom stereocenters. The first kappa shape index (κ1) is 14.9. The molecule has 0 aliphatic carbocycles. The first-order chi connectivity index (χ1) is 10.7. The van der Waals surface area contributed by atoms with Crippen LogP contribution in [0.15, 0.2) is 47.3 Å². The number of nitrogens with zero attached hydrogens (tertiary/aromatic N) is 1. The fourth-order valence-electron chi connectivity index (χ4n) is 2.98. The molecule has 22 heavy (non-hydrogen) atoms. The Morgan fingerprint density at radius 3 is 2.77 bits per heavy atom. The second-order valence-electron chi connectivity index (χ2n) is 5.96. The highest BCUT2D eigenvalue weighted by molar-refractivity contribution is 5.94. The number of carbonyl (C=O) groups excluding carboxylic acids is 1. The van der Waals surface area contributed by atoms with Crippen molar-refractivity contribution in [3.05, 3.63) is 59.5 Å². The summed E-state index contributed by atoms with van der Waals surface area (Å²) in [4.78, 5) is 14.2. The van der Waals surface area contributed by atoms with Crippen molar-refractivity contribution < 1.29 is 9.21 Å². The first-order valence-corrected chi connectivity index (χ1v) is 7.81. The van der Waals surface area contributed by atoms with Crippen molar-refractivity contribution in [1.82, 2.24) is 10.2 Å². The minimum atomic E-state index is 0.0366. The lowest BCUT2D eigenvalue weighted by Gasteiger charge is -2.23. The molecule has 1 N–H and O–H groups in total. The van der Waals surface area contributed by atoms with E-state index in [2.05, 4.69) is 17.4 Å². The van der Waals surface area contributed by atoms with Crippen LogP contribution in [0, 0.1) is 0 Å². The summed E-state index contributed by atoms with van der Waals surface area (Å²) in [6.07, 6.45) is 5.74. The summed E-state index contributed by atoms with van der Waals surface area (Å²) in [6.45, 7) is 2.71.